The molecule has 0 radical (unpaired) electrons. The molecule has 0 saturated heterocycles. The van der Waals surface area contributed by atoms with Gasteiger partial charge < -0.3 is 19.9 Å². The van der Waals surface area contributed by atoms with Gasteiger partial charge in [0, 0.05) is 17.3 Å². The van der Waals surface area contributed by atoms with E-state index in [1.807, 2.05) is 37.3 Å². The monoisotopic (exact) mass is 377 g/mol. The number of aryl methyl sites for hydroxylation is 1. The molecule has 1 aromatic heterocycles. The normalized spacial score (nSPS) is 15.6. The van der Waals surface area contributed by atoms with Gasteiger partial charge in [0.1, 0.15) is 11.3 Å². The Morgan fingerprint density at radius 2 is 2.00 bits per heavy atom. The average molecular weight is 377 g/mol. The SMILES string of the molecule is Cc1ccccc1C=C1CCc2c1oc1cc(NC(O)C(=O)O)ccc1c2=O. The molecule has 4 rings (SSSR count). The van der Waals surface area contributed by atoms with E-state index in [0.717, 1.165) is 23.1 Å². The fraction of sp³-hybridized carbons (Fsp3) is 0.182. The van der Waals surface area contributed by atoms with E-state index >= 15 is 0 Å². The van der Waals surface area contributed by atoms with Crippen LogP contribution in [0.5, 0.6) is 0 Å². The largest absolute Gasteiger partial charge is 0.478 e. The Balaban J connectivity index is 1.80. The molecule has 0 spiro atoms. The van der Waals surface area contributed by atoms with Gasteiger partial charge in [-0.2, -0.15) is 0 Å². The number of carbonyl (C=O) groups is 1. The van der Waals surface area contributed by atoms with Crippen molar-refractivity contribution in [1.29, 1.82) is 0 Å². The van der Waals surface area contributed by atoms with Crippen molar-refractivity contribution < 1.29 is 19.4 Å². The van der Waals surface area contributed by atoms with Crippen LogP contribution < -0.4 is 10.7 Å². The van der Waals surface area contributed by atoms with Gasteiger partial charge in [0.15, 0.2) is 5.43 Å². The maximum Gasteiger partial charge on any atom is 0.353 e. The Morgan fingerprint density at radius 1 is 1.21 bits per heavy atom. The third-order valence-electron chi connectivity index (χ3n) is 4.98. The number of benzene rings is 2. The average Bonchev–Trinajstić information content (AvgIpc) is 3.06. The Labute approximate surface area is 160 Å². The van der Waals surface area contributed by atoms with Crippen LogP contribution in [0.15, 0.2) is 51.7 Å². The summed E-state index contributed by atoms with van der Waals surface area (Å²) in [6.45, 7) is 2.03. The van der Waals surface area contributed by atoms with Gasteiger partial charge in [-0.25, -0.2) is 4.79 Å². The van der Waals surface area contributed by atoms with Crippen LogP contribution in [0.3, 0.4) is 0 Å². The molecule has 142 valence electrons. The zero-order valence-electron chi connectivity index (χ0n) is 15.2. The van der Waals surface area contributed by atoms with E-state index in [2.05, 4.69) is 5.32 Å². The summed E-state index contributed by atoms with van der Waals surface area (Å²) in [6, 6.07) is 12.7. The molecule has 1 atom stereocenters. The molecule has 0 fully saturated rings. The molecule has 3 N–H and O–H groups in total. The lowest BCUT2D eigenvalue weighted by molar-refractivity contribution is -0.145. The van der Waals surface area contributed by atoms with Gasteiger partial charge in [0.05, 0.1) is 5.39 Å². The molecule has 0 amide bonds. The summed E-state index contributed by atoms with van der Waals surface area (Å²) in [4.78, 5) is 23.7. The third-order valence-corrected chi connectivity index (χ3v) is 4.98. The predicted octanol–water partition coefficient (Wildman–Crippen LogP) is 3.40. The number of nitrogens with one attached hydrogen (secondary N) is 1. The number of carboxylic acid groups (broad SMARTS) is 1. The smallest absolute Gasteiger partial charge is 0.353 e. The first-order valence-electron chi connectivity index (χ1n) is 8.98. The first-order valence-corrected chi connectivity index (χ1v) is 8.98. The summed E-state index contributed by atoms with van der Waals surface area (Å²) in [5.74, 6) is -0.810. The number of anilines is 1. The second-order valence-corrected chi connectivity index (χ2v) is 6.86. The van der Waals surface area contributed by atoms with Gasteiger partial charge in [-0.1, -0.05) is 24.3 Å². The van der Waals surface area contributed by atoms with Crippen LogP contribution >= 0.6 is 0 Å². The highest BCUT2D eigenvalue weighted by molar-refractivity contribution is 5.88. The quantitative estimate of drug-likeness (QED) is 0.603. The number of fused-ring (bicyclic) bond motifs is 2. The van der Waals surface area contributed by atoms with E-state index in [-0.39, 0.29) is 5.43 Å². The molecule has 1 unspecified atom stereocenters. The van der Waals surface area contributed by atoms with Crippen molar-refractivity contribution in [2.75, 3.05) is 5.32 Å². The number of allylic oxidation sites excluding steroid dienone is 1. The minimum atomic E-state index is -1.74. The Hall–Kier alpha value is -3.38. The van der Waals surface area contributed by atoms with E-state index in [0.29, 0.717) is 34.4 Å². The summed E-state index contributed by atoms with van der Waals surface area (Å²) in [6.07, 6.45) is 1.66. The van der Waals surface area contributed by atoms with Crippen molar-refractivity contribution in [3.8, 4) is 0 Å². The molecule has 2 aromatic carbocycles. The molecule has 6 heteroatoms. The first kappa shape index (κ1) is 18.0. The Kier molecular flexibility index (Phi) is 4.49. The van der Waals surface area contributed by atoms with E-state index < -0.39 is 12.2 Å². The van der Waals surface area contributed by atoms with Gasteiger partial charge in [0.25, 0.3) is 0 Å². The number of carboxylic acids is 1. The molecule has 28 heavy (non-hydrogen) atoms. The van der Waals surface area contributed by atoms with Crippen molar-refractivity contribution in [2.24, 2.45) is 0 Å². The topological polar surface area (TPSA) is 99.8 Å². The van der Waals surface area contributed by atoms with Crippen LogP contribution in [-0.2, 0) is 11.2 Å². The number of hydrogen-bond donors (Lipinski definition) is 3. The molecule has 0 aliphatic heterocycles. The van der Waals surface area contributed by atoms with Gasteiger partial charge in [-0.15, -0.1) is 0 Å². The van der Waals surface area contributed by atoms with Crippen molar-refractivity contribution in [3.63, 3.8) is 0 Å². The Bertz CT molecular complexity index is 1180. The molecule has 0 saturated carbocycles. The van der Waals surface area contributed by atoms with Crippen molar-refractivity contribution in [3.05, 3.63) is 75.1 Å². The van der Waals surface area contributed by atoms with Crippen LogP contribution in [0.2, 0.25) is 0 Å². The van der Waals surface area contributed by atoms with Gasteiger partial charge in [-0.05, 0) is 54.7 Å². The molecule has 1 aliphatic carbocycles. The third kappa shape index (κ3) is 3.18. The summed E-state index contributed by atoms with van der Waals surface area (Å²) in [7, 11) is 0. The molecular weight excluding hydrogens is 358 g/mol. The van der Waals surface area contributed by atoms with Crippen molar-refractivity contribution in [1.82, 2.24) is 0 Å². The lowest BCUT2D eigenvalue weighted by atomic mass is 10.0. The fourth-order valence-electron chi connectivity index (χ4n) is 3.47. The fourth-order valence-corrected chi connectivity index (χ4v) is 3.47. The van der Waals surface area contributed by atoms with Gasteiger partial charge >= 0.3 is 5.97 Å². The highest BCUT2D eigenvalue weighted by Gasteiger charge is 2.24. The molecule has 0 bridgehead atoms. The summed E-state index contributed by atoms with van der Waals surface area (Å²) in [5.41, 5.74) is 4.48. The van der Waals surface area contributed by atoms with Crippen molar-refractivity contribution >= 4 is 34.3 Å². The van der Waals surface area contributed by atoms with Crippen LogP contribution in [0, 0.1) is 6.92 Å². The summed E-state index contributed by atoms with van der Waals surface area (Å²) >= 11 is 0. The van der Waals surface area contributed by atoms with Crippen LogP contribution in [0.4, 0.5) is 5.69 Å². The number of aliphatic carboxylic acids is 1. The number of rotatable bonds is 4. The number of aliphatic hydroxyl groups excluding tert-OH is 1. The van der Waals surface area contributed by atoms with Crippen LogP contribution in [0.25, 0.3) is 22.6 Å². The minimum absolute atomic E-state index is 0.0743. The maximum atomic E-state index is 12.9. The molecule has 6 nitrogen and oxygen atoms in total. The summed E-state index contributed by atoms with van der Waals surface area (Å²) < 4.78 is 6.06. The van der Waals surface area contributed by atoms with Gasteiger partial charge in [0.2, 0.25) is 6.23 Å². The maximum absolute atomic E-state index is 12.9. The second-order valence-electron chi connectivity index (χ2n) is 6.86. The molecular formula is C22H19NO5. The zero-order valence-corrected chi connectivity index (χ0v) is 15.2. The van der Waals surface area contributed by atoms with E-state index in [1.165, 1.54) is 6.07 Å². The minimum Gasteiger partial charge on any atom is -0.478 e. The highest BCUT2D eigenvalue weighted by Crippen LogP contribution is 2.35. The summed E-state index contributed by atoms with van der Waals surface area (Å²) in [5, 5.41) is 21.2. The van der Waals surface area contributed by atoms with Crippen molar-refractivity contribution in [2.45, 2.75) is 26.0 Å². The Morgan fingerprint density at radius 3 is 2.75 bits per heavy atom. The second kappa shape index (κ2) is 6.98. The van der Waals surface area contributed by atoms with E-state index in [1.54, 1.807) is 12.1 Å². The molecule has 1 aliphatic rings. The number of hydrogen-bond acceptors (Lipinski definition) is 5. The molecule has 1 heterocycles. The van der Waals surface area contributed by atoms with Crippen LogP contribution in [-0.4, -0.2) is 22.4 Å². The zero-order chi connectivity index (χ0) is 19.8. The first-order chi connectivity index (χ1) is 13.4. The van der Waals surface area contributed by atoms with Crippen LogP contribution in [0.1, 0.15) is 28.9 Å². The predicted molar refractivity (Wildman–Crippen MR) is 107 cm³/mol. The van der Waals surface area contributed by atoms with E-state index in [9.17, 15) is 14.7 Å². The lowest BCUT2D eigenvalue weighted by Crippen LogP contribution is -2.28. The molecule has 3 aromatic rings. The standard InChI is InChI=1S/C22H19NO5/c1-12-4-2-3-5-13(12)10-14-6-8-17-19(24)16-9-7-15(23-21(25)22(26)27)11-18(16)28-20(14)17/h2-5,7,9-11,21,23,25H,6,8H2,1H3,(H,26,27). The van der Waals surface area contributed by atoms with Gasteiger partial charge in [-0.3, -0.25) is 4.79 Å². The number of aliphatic hydroxyl groups is 1. The highest BCUT2D eigenvalue weighted by atomic mass is 16.4. The lowest BCUT2D eigenvalue weighted by Gasteiger charge is -2.11. The van der Waals surface area contributed by atoms with E-state index in [4.69, 9.17) is 9.52 Å².